The van der Waals surface area contributed by atoms with Gasteiger partial charge in [0.25, 0.3) is 0 Å². The number of Topliss-reactive ketones (excluding diaryl/α,β-unsaturated/α-hetero) is 1. The van der Waals surface area contributed by atoms with Crippen molar-refractivity contribution in [2.24, 2.45) is 39.3 Å². The van der Waals surface area contributed by atoms with Crippen molar-refractivity contribution in [3.8, 4) is 0 Å². The van der Waals surface area contributed by atoms with Crippen LogP contribution in [0.4, 0.5) is 0 Å². The Bertz CT molecular complexity index is 821. The Kier molecular flexibility index (Phi) is 6.36. The van der Waals surface area contributed by atoms with E-state index in [1.165, 1.54) is 5.57 Å². The molecule has 3 N–H and O–H groups in total. The third-order valence-corrected chi connectivity index (χ3v) is 8.75. The highest BCUT2D eigenvalue weighted by Crippen LogP contribution is 2.63. The van der Waals surface area contributed by atoms with Crippen LogP contribution in [0.3, 0.4) is 0 Å². The van der Waals surface area contributed by atoms with Crippen LogP contribution < -0.4 is 5.73 Å². The number of hydrogen-bond acceptors (Lipinski definition) is 4. The predicted octanol–water partition coefficient (Wildman–Crippen LogP) is 5.90. The number of hydrogen-bond donors (Lipinski definition) is 2. The van der Waals surface area contributed by atoms with Gasteiger partial charge >= 0.3 is 0 Å². The second kappa shape index (κ2) is 8.36. The number of nitrogens with two attached hydrogens (primary N) is 1. The van der Waals surface area contributed by atoms with E-state index in [9.17, 15) is 9.90 Å². The quantitative estimate of drug-likeness (QED) is 0.436. The molecule has 2 saturated carbocycles. The van der Waals surface area contributed by atoms with Gasteiger partial charge in [0.1, 0.15) is 11.5 Å². The Labute approximate surface area is 182 Å². The average molecular weight is 413 g/mol. The van der Waals surface area contributed by atoms with Crippen LogP contribution in [-0.2, 0) is 4.79 Å². The molecule has 0 amide bonds. The molecule has 3 aliphatic carbocycles. The van der Waals surface area contributed by atoms with E-state index >= 15 is 0 Å². The summed E-state index contributed by atoms with van der Waals surface area (Å²) in [5.41, 5.74) is 8.62. The van der Waals surface area contributed by atoms with Crippen LogP contribution in [-0.4, -0.2) is 23.1 Å². The van der Waals surface area contributed by atoms with Crippen molar-refractivity contribution in [1.29, 1.82) is 0 Å². The molecule has 0 bridgehead atoms. The number of aliphatic hydroxyl groups is 1. The molecule has 0 aromatic heterocycles. The minimum absolute atomic E-state index is 0.0437. The molecule has 3 rings (SSSR count). The summed E-state index contributed by atoms with van der Waals surface area (Å²) in [6.07, 6.45) is 8.79. The zero-order valence-corrected chi connectivity index (χ0v) is 19.6. The molecule has 4 heteroatoms. The molecule has 0 heterocycles. The Morgan fingerprint density at radius 3 is 2.73 bits per heavy atom. The summed E-state index contributed by atoms with van der Waals surface area (Å²) >= 11 is 0. The second-order valence-corrected chi connectivity index (χ2v) is 10.6. The minimum Gasteiger partial charge on any atom is -0.505 e. The number of fused-ring (bicyclic) bond motifs is 1. The van der Waals surface area contributed by atoms with E-state index < -0.39 is 0 Å². The summed E-state index contributed by atoms with van der Waals surface area (Å²) < 4.78 is 0. The fourth-order valence-electron chi connectivity index (χ4n) is 6.03. The summed E-state index contributed by atoms with van der Waals surface area (Å²) in [7, 11) is 0. The largest absolute Gasteiger partial charge is 0.505 e. The maximum Gasteiger partial charge on any atom is 0.210 e. The third-order valence-electron chi connectivity index (χ3n) is 8.75. The SMILES string of the molecule is C=C1CCC[C@H]2[C@](C)(CC3=C(O)C(N)=CC(=NC[C@@H](C)CC)C3=O)[C@@H](C)CC[C@]12C. The van der Waals surface area contributed by atoms with E-state index in [4.69, 9.17) is 5.73 Å². The topological polar surface area (TPSA) is 75.7 Å². The number of carbonyl (C=O) groups is 1. The zero-order valence-electron chi connectivity index (χ0n) is 19.6. The van der Waals surface area contributed by atoms with Crippen molar-refractivity contribution in [2.75, 3.05) is 6.54 Å². The monoisotopic (exact) mass is 412 g/mol. The van der Waals surface area contributed by atoms with E-state index in [1.54, 1.807) is 6.08 Å². The number of carbonyl (C=O) groups excluding carboxylic acids is 1. The van der Waals surface area contributed by atoms with Crippen LogP contribution in [0.1, 0.15) is 79.6 Å². The summed E-state index contributed by atoms with van der Waals surface area (Å²) in [4.78, 5) is 17.9. The summed E-state index contributed by atoms with van der Waals surface area (Å²) in [5, 5.41) is 10.8. The molecule has 30 heavy (non-hydrogen) atoms. The molecule has 0 saturated heterocycles. The predicted molar refractivity (Wildman–Crippen MR) is 124 cm³/mol. The van der Waals surface area contributed by atoms with Gasteiger partial charge in [0.05, 0.1) is 5.70 Å². The lowest BCUT2D eigenvalue weighted by Crippen LogP contribution is -2.51. The number of aliphatic imine (C=N–C) groups is 1. The van der Waals surface area contributed by atoms with E-state index in [-0.39, 0.29) is 28.1 Å². The molecule has 0 spiro atoms. The summed E-state index contributed by atoms with van der Waals surface area (Å²) in [6.45, 7) is 16.3. The second-order valence-electron chi connectivity index (χ2n) is 10.6. The van der Waals surface area contributed by atoms with Crippen molar-refractivity contribution >= 4 is 11.5 Å². The minimum atomic E-state index is -0.152. The van der Waals surface area contributed by atoms with Gasteiger partial charge in [-0.3, -0.25) is 9.79 Å². The van der Waals surface area contributed by atoms with Gasteiger partial charge in [0.15, 0.2) is 0 Å². The Morgan fingerprint density at radius 1 is 1.37 bits per heavy atom. The average Bonchev–Trinajstić information content (AvgIpc) is 2.71. The van der Waals surface area contributed by atoms with Crippen LogP contribution in [0, 0.1) is 28.6 Å². The molecule has 0 aromatic carbocycles. The fourth-order valence-corrected chi connectivity index (χ4v) is 6.03. The zero-order chi connectivity index (χ0) is 22.3. The molecule has 166 valence electrons. The highest BCUT2D eigenvalue weighted by Gasteiger charge is 2.54. The van der Waals surface area contributed by atoms with Crippen LogP contribution >= 0.6 is 0 Å². The highest BCUT2D eigenvalue weighted by molar-refractivity contribution is 6.50. The Morgan fingerprint density at radius 2 is 2.07 bits per heavy atom. The van der Waals surface area contributed by atoms with Crippen LogP contribution in [0.2, 0.25) is 0 Å². The Hall–Kier alpha value is -1.84. The van der Waals surface area contributed by atoms with Gasteiger partial charge < -0.3 is 10.8 Å². The van der Waals surface area contributed by atoms with E-state index in [0.29, 0.717) is 42.0 Å². The third kappa shape index (κ3) is 3.78. The molecule has 3 aliphatic rings. The maximum absolute atomic E-state index is 13.3. The molecule has 4 nitrogen and oxygen atoms in total. The van der Waals surface area contributed by atoms with Gasteiger partial charge in [-0.1, -0.05) is 53.2 Å². The first-order chi connectivity index (χ1) is 14.0. The van der Waals surface area contributed by atoms with Crippen LogP contribution in [0.5, 0.6) is 0 Å². The molecule has 0 unspecified atom stereocenters. The summed E-state index contributed by atoms with van der Waals surface area (Å²) in [5.74, 6) is 1.13. The van der Waals surface area contributed by atoms with Crippen molar-refractivity contribution in [3.63, 3.8) is 0 Å². The van der Waals surface area contributed by atoms with Crippen molar-refractivity contribution < 1.29 is 9.90 Å². The molecule has 0 aromatic rings. The molecule has 5 atom stereocenters. The lowest BCUT2D eigenvalue weighted by Gasteiger charge is -2.59. The van der Waals surface area contributed by atoms with Gasteiger partial charge in [-0.25, -0.2) is 0 Å². The normalized spacial score (nSPS) is 37.2. The van der Waals surface area contributed by atoms with Gasteiger partial charge in [-0.2, -0.15) is 0 Å². The number of nitrogens with zero attached hydrogens (tertiary/aromatic N) is 1. The lowest BCUT2D eigenvalue weighted by molar-refractivity contribution is -0.111. The molecule has 0 aliphatic heterocycles. The lowest BCUT2D eigenvalue weighted by atomic mass is 9.46. The first kappa shape index (κ1) is 22.8. The van der Waals surface area contributed by atoms with Gasteiger partial charge in [0, 0.05) is 12.1 Å². The number of ketones is 1. The Balaban J connectivity index is 1.96. The number of rotatable bonds is 5. The van der Waals surface area contributed by atoms with Gasteiger partial charge in [-0.15, -0.1) is 0 Å². The number of aliphatic hydroxyl groups excluding tert-OH is 1. The van der Waals surface area contributed by atoms with E-state index in [0.717, 1.165) is 38.5 Å². The van der Waals surface area contributed by atoms with Crippen LogP contribution in [0.15, 0.2) is 40.2 Å². The standard InChI is InChI=1S/C26H40N2O2/c1-7-16(2)15-28-21-13-20(27)23(29)19(24(21)30)14-26(6)18(4)11-12-25(5)17(3)9-8-10-22(25)26/h13,16,18,22,29H,3,7-12,14-15,27H2,1-2,4-6H3/t16-,18-,22+,25+,26+/m0/s1. The molecular formula is C26H40N2O2. The van der Waals surface area contributed by atoms with Gasteiger partial charge in [0.2, 0.25) is 5.78 Å². The smallest absolute Gasteiger partial charge is 0.210 e. The molecular weight excluding hydrogens is 372 g/mol. The van der Waals surface area contributed by atoms with Crippen molar-refractivity contribution in [1.82, 2.24) is 0 Å². The van der Waals surface area contributed by atoms with E-state index in [1.807, 2.05) is 0 Å². The fraction of sp³-hybridized carbons (Fsp3) is 0.692. The number of allylic oxidation sites excluding steroid dienone is 3. The van der Waals surface area contributed by atoms with Gasteiger partial charge in [-0.05, 0) is 73.2 Å². The van der Waals surface area contributed by atoms with E-state index in [2.05, 4.69) is 46.2 Å². The summed E-state index contributed by atoms with van der Waals surface area (Å²) in [6, 6.07) is 0. The molecule has 0 radical (unpaired) electrons. The van der Waals surface area contributed by atoms with Crippen molar-refractivity contribution in [3.05, 3.63) is 35.3 Å². The first-order valence-corrected chi connectivity index (χ1v) is 11.7. The van der Waals surface area contributed by atoms with Crippen LogP contribution in [0.25, 0.3) is 0 Å². The molecule has 2 fully saturated rings. The maximum atomic E-state index is 13.3. The highest BCUT2D eigenvalue weighted by atomic mass is 16.3. The first-order valence-electron chi connectivity index (χ1n) is 11.7. The van der Waals surface area contributed by atoms with Crippen molar-refractivity contribution in [2.45, 2.75) is 79.6 Å².